The van der Waals surface area contributed by atoms with Crippen LogP contribution in [0.15, 0.2) is 18.7 Å². The zero-order valence-corrected chi connectivity index (χ0v) is 24.4. The van der Waals surface area contributed by atoms with Crippen LogP contribution >= 0.6 is 0 Å². The maximum atomic E-state index is 10.7. The number of hydrogen-bond acceptors (Lipinski definition) is 10. The Bertz CT molecular complexity index is 1420. The molecule has 0 aromatic heterocycles. The number of methoxy groups -OCH3 is 2. The highest BCUT2D eigenvalue weighted by Gasteiger charge is 2.56. The summed E-state index contributed by atoms with van der Waals surface area (Å²) in [6.45, 7) is 8.77. The maximum absolute atomic E-state index is 10.7. The van der Waals surface area contributed by atoms with Crippen molar-refractivity contribution in [2.45, 2.75) is 56.9 Å². The Morgan fingerprint density at radius 2 is 1.88 bits per heavy atom. The van der Waals surface area contributed by atoms with E-state index in [1.165, 1.54) is 5.56 Å². The second-order valence-electron chi connectivity index (χ2n) is 11.1. The van der Waals surface area contributed by atoms with Gasteiger partial charge in [-0.05, 0) is 44.9 Å². The van der Waals surface area contributed by atoms with Gasteiger partial charge in [0.2, 0.25) is 6.79 Å². The van der Waals surface area contributed by atoms with Gasteiger partial charge < -0.3 is 34.2 Å². The van der Waals surface area contributed by atoms with E-state index in [2.05, 4.69) is 35.6 Å². The molecule has 10 nitrogen and oxygen atoms in total. The van der Waals surface area contributed by atoms with Crippen LogP contribution < -0.4 is 29.4 Å². The van der Waals surface area contributed by atoms with Crippen LogP contribution in [-0.2, 0) is 17.6 Å². The number of benzene rings is 2. The first-order valence-electron chi connectivity index (χ1n) is 14.0. The molecule has 1 fully saturated rings. The van der Waals surface area contributed by atoms with Gasteiger partial charge in [-0.3, -0.25) is 9.80 Å². The summed E-state index contributed by atoms with van der Waals surface area (Å²) in [6.07, 6.45) is 3.05. The minimum Gasteiger partial charge on any atom is -0.493 e. The number of rotatable bonds is 8. The summed E-state index contributed by atoms with van der Waals surface area (Å²) in [6, 6.07) is 3.94. The number of piperazine rings is 1. The first kappa shape index (κ1) is 27.7. The lowest BCUT2D eigenvalue weighted by Gasteiger charge is -2.60. The van der Waals surface area contributed by atoms with Crippen LogP contribution in [-0.4, -0.2) is 75.9 Å². The molecule has 5 atom stereocenters. The van der Waals surface area contributed by atoms with Crippen LogP contribution in [0.25, 0.3) is 0 Å². The molecular weight excluding hydrogens is 524 g/mol. The molecule has 0 saturated carbocycles. The Morgan fingerprint density at radius 1 is 1.10 bits per heavy atom. The quantitative estimate of drug-likeness (QED) is 0.380. The second-order valence-corrected chi connectivity index (χ2v) is 11.1. The Balaban J connectivity index is 1.60. The van der Waals surface area contributed by atoms with Gasteiger partial charge >= 0.3 is 0 Å². The summed E-state index contributed by atoms with van der Waals surface area (Å²) in [4.78, 5) is 4.66. The van der Waals surface area contributed by atoms with E-state index in [9.17, 15) is 5.26 Å². The lowest BCUT2D eigenvalue weighted by atomic mass is 9.71. The summed E-state index contributed by atoms with van der Waals surface area (Å²) >= 11 is 0. The highest BCUT2D eigenvalue weighted by atomic mass is 16.7. The second kappa shape index (κ2) is 10.7. The third kappa shape index (κ3) is 3.98. The molecule has 0 radical (unpaired) electrons. The van der Waals surface area contributed by atoms with Gasteiger partial charge in [-0.15, -0.1) is 0 Å². The van der Waals surface area contributed by atoms with Gasteiger partial charge in [0.1, 0.15) is 18.4 Å². The largest absolute Gasteiger partial charge is 0.493 e. The fourth-order valence-corrected chi connectivity index (χ4v) is 7.64. The first-order valence-corrected chi connectivity index (χ1v) is 14.0. The van der Waals surface area contributed by atoms with Crippen LogP contribution in [0.3, 0.4) is 0 Å². The van der Waals surface area contributed by atoms with Crippen molar-refractivity contribution in [1.29, 1.82) is 5.26 Å². The highest BCUT2D eigenvalue weighted by molar-refractivity contribution is 5.66. The van der Waals surface area contributed by atoms with Gasteiger partial charge in [0.05, 0.1) is 25.3 Å². The number of hydrogen-bond donors (Lipinski definition) is 1. The van der Waals surface area contributed by atoms with Gasteiger partial charge in [0, 0.05) is 48.0 Å². The number of nitriles is 1. The van der Waals surface area contributed by atoms with Crippen LogP contribution in [0.2, 0.25) is 0 Å². The summed E-state index contributed by atoms with van der Waals surface area (Å²) in [5, 5.41) is 10.7. The molecule has 41 heavy (non-hydrogen) atoms. The number of nitrogens with zero attached hydrogens (tertiary/aromatic N) is 3. The average molecular weight is 563 g/mol. The molecule has 218 valence electrons. The van der Waals surface area contributed by atoms with Gasteiger partial charge in [0.25, 0.3) is 0 Å². The van der Waals surface area contributed by atoms with E-state index in [0.29, 0.717) is 49.0 Å². The normalized spacial score (nSPS) is 25.9. The van der Waals surface area contributed by atoms with E-state index < -0.39 is 6.04 Å². The average Bonchev–Trinajstić information content (AvgIpc) is 3.46. The Labute approximate surface area is 241 Å². The molecule has 1 unspecified atom stereocenters. The number of nitrogens with two attached hydrogens (primary N) is 1. The predicted octanol–water partition coefficient (Wildman–Crippen LogP) is 3.32. The molecule has 0 spiro atoms. The molecule has 4 aliphatic rings. The van der Waals surface area contributed by atoms with Crippen molar-refractivity contribution in [2.24, 2.45) is 5.73 Å². The number of fused-ring (bicyclic) bond motifs is 9. The van der Waals surface area contributed by atoms with Crippen molar-refractivity contribution in [3.05, 3.63) is 52.1 Å². The van der Waals surface area contributed by atoms with Crippen molar-refractivity contribution in [3.8, 4) is 34.8 Å². The topological polar surface area (TPSA) is 112 Å². The molecule has 2 N–H and O–H groups in total. The van der Waals surface area contributed by atoms with Gasteiger partial charge in [-0.25, -0.2) is 0 Å². The van der Waals surface area contributed by atoms with E-state index in [1.54, 1.807) is 20.3 Å². The predicted molar refractivity (Wildman–Crippen MR) is 152 cm³/mol. The van der Waals surface area contributed by atoms with E-state index in [1.807, 2.05) is 13.8 Å². The third-order valence-electron chi connectivity index (χ3n) is 9.14. The van der Waals surface area contributed by atoms with Crippen molar-refractivity contribution in [2.75, 3.05) is 48.0 Å². The van der Waals surface area contributed by atoms with Gasteiger partial charge in [-0.2, -0.15) is 5.26 Å². The maximum Gasteiger partial charge on any atom is 0.231 e. The zero-order chi connectivity index (χ0) is 29.0. The lowest BCUT2D eigenvalue weighted by Crippen LogP contribution is -2.68. The van der Waals surface area contributed by atoms with Gasteiger partial charge in [-0.1, -0.05) is 18.7 Å². The molecule has 4 heterocycles. The highest BCUT2D eigenvalue weighted by Crippen LogP contribution is 2.58. The smallest absolute Gasteiger partial charge is 0.231 e. The Morgan fingerprint density at radius 3 is 2.56 bits per heavy atom. The summed E-state index contributed by atoms with van der Waals surface area (Å²) in [5.74, 6) is 3.55. The minimum atomic E-state index is -0.390. The van der Waals surface area contributed by atoms with Crippen molar-refractivity contribution < 1.29 is 28.4 Å². The van der Waals surface area contributed by atoms with E-state index in [4.69, 9.17) is 34.2 Å². The molecule has 2 aromatic rings. The van der Waals surface area contributed by atoms with Gasteiger partial charge in [0.15, 0.2) is 29.8 Å². The fourth-order valence-electron chi connectivity index (χ4n) is 7.64. The number of likely N-dealkylation sites (N-methyl/N-ethyl adjacent to an activating group) is 1. The van der Waals surface area contributed by atoms with Crippen molar-refractivity contribution in [1.82, 2.24) is 9.80 Å². The van der Waals surface area contributed by atoms with Crippen molar-refractivity contribution in [3.63, 3.8) is 0 Å². The molecule has 10 heteroatoms. The monoisotopic (exact) mass is 562 g/mol. The zero-order valence-electron chi connectivity index (χ0n) is 24.4. The Hall–Kier alpha value is -3.49. The SMILES string of the molecule is C=CCOc1c(C)c2c(c3c1C[C@H]1C4c5c(cc(C)c(OC)c5OCOC)C[C@@H]([C@H](C#N)N1[C@H]3CN)N4C)OCO2. The lowest BCUT2D eigenvalue weighted by molar-refractivity contribution is -0.0719. The fraction of sp³-hybridized carbons (Fsp3) is 0.516. The molecule has 6 rings (SSSR count). The van der Waals surface area contributed by atoms with Crippen LogP contribution in [0.4, 0.5) is 0 Å². The van der Waals surface area contributed by atoms with E-state index in [0.717, 1.165) is 33.6 Å². The molecule has 0 amide bonds. The molecular formula is C31H38N4O6. The summed E-state index contributed by atoms with van der Waals surface area (Å²) in [7, 11) is 5.38. The standard InChI is InChI=1S/C31H38N4O6/c1-7-8-38-28-17(3)29-31(41-15-40-29)25-19(28)11-21-26-24-18(9-16(2)27(37-6)30(24)39-14-36-5)10-20(34(26)4)22(12-32)35(21)23(25)13-33/h7,9,20-23,26H,1,8,10-11,13-15,33H2,2-6H3/t20-,21-,22-,23-,26?/m0/s1. The molecule has 2 aromatic carbocycles. The number of ether oxygens (including phenoxy) is 6. The molecule has 1 saturated heterocycles. The van der Waals surface area contributed by atoms with E-state index >= 15 is 0 Å². The Kier molecular flexibility index (Phi) is 7.24. The van der Waals surface area contributed by atoms with Crippen molar-refractivity contribution >= 4 is 0 Å². The number of aryl methyl sites for hydroxylation is 1. The summed E-state index contributed by atoms with van der Waals surface area (Å²) < 4.78 is 35.8. The molecule has 4 aliphatic heterocycles. The molecule has 2 bridgehead atoms. The minimum absolute atomic E-state index is 0.0421. The third-order valence-corrected chi connectivity index (χ3v) is 9.14. The first-order chi connectivity index (χ1) is 19.9. The van der Waals surface area contributed by atoms with Crippen LogP contribution in [0.5, 0.6) is 28.7 Å². The van der Waals surface area contributed by atoms with E-state index in [-0.39, 0.29) is 37.8 Å². The summed E-state index contributed by atoms with van der Waals surface area (Å²) in [5.41, 5.74) is 12.7. The van der Waals surface area contributed by atoms with Crippen LogP contribution in [0, 0.1) is 25.2 Å². The van der Waals surface area contributed by atoms with Crippen LogP contribution in [0.1, 0.15) is 45.5 Å². The molecule has 0 aliphatic carbocycles.